The Morgan fingerprint density at radius 1 is 1.22 bits per heavy atom. The molecule has 3 aromatic rings. The van der Waals surface area contributed by atoms with E-state index in [4.69, 9.17) is 5.41 Å². The van der Waals surface area contributed by atoms with E-state index in [2.05, 4.69) is 29.2 Å². The Balaban J connectivity index is 1.69. The van der Waals surface area contributed by atoms with Crippen molar-refractivity contribution < 1.29 is 12.8 Å². The van der Waals surface area contributed by atoms with Crippen molar-refractivity contribution in [3.05, 3.63) is 71.3 Å². The lowest BCUT2D eigenvalue weighted by atomic mass is 9.94. The molecular weight excluding hydrogens is 479 g/mol. The van der Waals surface area contributed by atoms with Crippen LogP contribution in [0.15, 0.2) is 53.7 Å². The van der Waals surface area contributed by atoms with Gasteiger partial charge in [-0.3, -0.25) is 9.58 Å². The lowest BCUT2D eigenvalue weighted by molar-refractivity contribution is 0.105. The highest BCUT2D eigenvalue weighted by atomic mass is 32.2. The van der Waals surface area contributed by atoms with E-state index in [1.54, 1.807) is 23.5 Å². The molecule has 2 N–H and O–H groups in total. The first-order valence-corrected chi connectivity index (χ1v) is 13.4. The fourth-order valence-electron chi connectivity index (χ4n) is 4.70. The molecule has 1 saturated heterocycles. The SMILES string of the molecule is Cc1cc(Nc2ccc(F)cc2)c(C=N)cc1[C@@H]1CN(S(=O)(=O)c2cnn(C)c2)CCN1CC(C)C. The van der Waals surface area contributed by atoms with E-state index < -0.39 is 10.0 Å². The second kappa shape index (κ2) is 10.5. The van der Waals surface area contributed by atoms with Gasteiger partial charge in [0.15, 0.2) is 0 Å². The van der Waals surface area contributed by atoms with Crippen LogP contribution in [0, 0.1) is 24.1 Å². The Labute approximate surface area is 212 Å². The number of piperazine rings is 1. The van der Waals surface area contributed by atoms with Crippen molar-refractivity contribution in [2.75, 3.05) is 31.5 Å². The molecule has 0 spiro atoms. The smallest absolute Gasteiger partial charge is 0.246 e. The minimum atomic E-state index is -3.68. The maximum Gasteiger partial charge on any atom is 0.246 e. The number of sulfonamides is 1. The van der Waals surface area contributed by atoms with E-state index in [1.165, 1.54) is 35.4 Å². The molecule has 192 valence electrons. The molecule has 4 rings (SSSR count). The molecule has 10 heteroatoms. The Morgan fingerprint density at radius 3 is 2.56 bits per heavy atom. The third-order valence-electron chi connectivity index (χ3n) is 6.45. The maximum atomic E-state index is 13.4. The van der Waals surface area contributed by atoms with E-state index >= 15 is 0 Å². The molecule has 0 saturated carbocycles. The average Bonchev–Trinajstić information content (AvgIpc) is 3.28. The summed E-state index contributed by atoms with van der Waals surface area (Å²) in [5, 5.41) is 15.3. The Bertz CT molecular complexity index is 1340. The molecule has 0 unspecified atom stereocenters. The summed E-state index contributed by atoms with van der Waals surface area (Å²) in [6.45, 7) is 8.47. The zero-order chi connectivity index (χ0) is 26.0. The number of hydrogen-bond acceptors (Lipinski definition) is 6. The summed E-state index contributed by atoms with van der Waals surface area (Å²) in [5.74, 6) is 0.101. The lowest BCUT2D eigenvalue weighted by Crippen LogP contribution is -2.51. The number of nitrogens with zero attached hydrogens (tertiary/aromatic N) is 4. The molecule has 1 aliphatic heterocycles. The van der Waals surface area contributed by atoms with Crippen LogP contribution in [0.4, 0.5) is 15.8 Å². The van der Waals surface area contributed by atoms with Gasteiger partial charge in [0.25, 0.3) is 0 Å². The summed E-state index contributed by atoms with van der Waals surface area (Å²) in [7, 11) is -1.98. The van der Waals surface area contributed by atoms with Gasteiger partial charge in [-0.15, -0.1) is 0 Å². The Morgan fingerprint density at radius 2 is 1.94 bits per heavy atom. The first-order chi connectivity index (χ1) is 17.1. The number of aromatic nitrogens is 2. The minimum Gasteiger partial charge on any atom is -0.355 e. The highest BCUT2D eigenvalue weighted by Gasteiger charge is 2.36. The summed E-state index contributed by atoms with van der Waals surface area (Å²) in [6, 6.07) is 9.85. The quantitative estimate of drug-likeness (QED) is 0.439. The first kappa shape index (κ1) is 26.0. The number of rotatable bonds is 8. The second-order valence-corrected chi connectivity index (χ2v) is 11.6. The van der Waals surface area contributed by atoms with Crippen LogP contribution in [0.25, 0.3) is 0 Å². The van der Waals surface area contributed by atoms with Crippen molar-refractivity contribution >= 4 is 27.6 Å². The molecule has 0 radical (unpaired) electrons. The van der Waals surface area contributed by atoms with Gasteiger partial charge in [0.2, 0.25) is 10.0 Å². The van der Waals surface area contributed by atoms with Gasteiger partial charge < -0.3 is 10.7 Å². The van der Waals surface area contributed by atoms with Gasteiger partial charge in [0.1, 0.15) is 10.7 Å². The van der Waals surface area contributed by atoms with Gasteiger partial charge in [-0.2, -0.15) is 9.40 Å². The third kappa shape index (κ3) is 5.50. The van der Waals surface area contributed by atoms with Crippen LogP contribution in [-0.4, -0.2) is 59.8 Å². The minimum absolute atomic E-state index is 0.161. The number of halogens is 1. The van der Waals surface area contributed by atoms with Crippen molar-refractivity contribution in [2.24, 2.45) is 13.0 Å². The van der Waals surface area contributed by atoms with Crippen molar-refractivity contribution in [1.29, 1.82) is 5.41 Å². The zero-order valence-electron chi connectivity index (χ0n) is 21.1. The summed E-state index contributed by atoms with van der Waals surface area (Å²) in [5.41, 5.74) is 4.12. The molecule has 8 nitrogen and oxygen atoms in total. The van der Waals surface area contributed by atoms with Crippen LogP contribution in [0.2, 0.25) is 0 Å². The average molecular weight is 513 g/mol. The Kier molecular flexibility index (Phi) is 7.58. The fourth-order valence-corrected chi connectivity index (χ4v) is 6.12. The summed E-state index contributed by atoms with van der Waals surface area (Å²) >= 11 is 0. The van der Waals surface area contributed by atoms with Crippen LogP contribution in [-0.2, 0) is 17.1 Å². The molecule has 1 atom stereocenters. The van der Waals surface area contributed by atoms with Crippen molar-refractivity contribution in [1.82, 2.24) is 19.0 Å². The highest BCUT2D eigenvalue weighted by Crippen LogP contribution is 2.34. The number of benzene rings is 2. The molecule has 2 heterocycles. The Hall–Kier alpha value is -3.08. The molecule has 36 heavy (non-hydrogen) atoms. The molecule has 1 aliphatic rings. The largest absolute Gasteiger partial charge is 0.355 e. The van der Waals surface area contributed by atoms with E-state index in [-0.39, 0.29) is 16.8 Å². The van der Waals surface area contributed by atoms with Crippen LogP contribution < -0.4 is 5.32 Å². The molecule has 0 aliphatic carbocycles. The first-order valence-electron chi connectivity index (χ1n) is 12.0. The van der Waals surface area contributed by atoms with Crippen LogP contribution in [0.1, 0.15) is 36.6 Å². The topological polar surface area (TPSA) is 94.3 Å². The predicted octanol–water partition coefficient (Wildman–Crippen LogP) is 4.31. The summed E-state index contributed by atoms with van der Waals surface area (Å²) < 4.78 is 43.1. The zero-order valence-corrected chi connectivity index (χ0v) is 21.9. The van der Waals surface area contributed by atoms with Crippen LogP contribution in [0.5, 0.6) is 0 Å². The molecule has 1 aromatic heterocycles. The van der Waals surface area contributed by atoms with E-state index in [1.807, 2.05) is 19.1 Å². The maximum absolute atomic E-state index is 13.4. The van der Waals surface area contributed by atoms with Crippen molar-refractivity contribution in [3.63, 3.8) is 0 Å². The number of nitrogens with one attached hydrogen (secondary N) is 2. The van der Waals surface area contributed by atoms with E-state index in [0.717, 1.165) is 29.0 Å². The predicted molar refractivity (Wildman–Crippen MR) is 140 cm³/mol. The van der Waals surface area contributed by atoms with Gasteiger partial charge in [-0.1, -0.05) is 13.8 Å². The van der Waals surface area contributed by atoms with Crippen molar-refractivity contribution in [2.45, 2.75) is 31.7 Å². The van der Waals surface area contributed by atoms with E-state index in [0.29, 0.717) is 31.1 Å². The summed E-state index contributed by atoms with van der Waals surface area (Å²) in [6.07, 6.45) is 4.20. The van der Waals surface area contributed by atoms with Gasteiger partial charge >= 0.3 is 0 Å². The van der Waals surface area contributed by atoms with Gasteiger partial charge in [0.05, 0.1) is 6.20 Å². The van der Waals surface area contributed by atoms with Gasteiger partial charge in [-0.25, -0.2) is 12.8 Å². The molecule has 0 bridgehead atoms. The molecular formula is C26H33FN6O2S. The summed E-state index contributed by atoms with van der Waals surface area (Å²) in [4.78, 5) is 2.53. The number of hydrogen-bond donors (Lipinski definition) is 2. The van der Waals surface area contributed by atoms with Gasteiger partial charge in [-0.05, 0) is 60.4 Å². The second-order valence-electron chi connectivity index (χ2n) is 9.69. The lowest BCUT2D eigenvalue weighted by Gasteiger charge is -2.42. The normalized spacial score (nSPS) is 17.4. The third-order valence-corrected chi connectivity index (χ3v) is 8.27. The van der Waals surface area contributed by atoms with Crippen LogP contribution >= 0.6 is 0 Å². The molecule has 1 fully saturated rings. The number of anilines is 2. The fraction of sp³-hybridized carbons (Fsp3) is 0.385. The van der Waals surface area contributed by atoms with Crippen LogP contribution in [0.3, 0.4) is 0 Å². The van der Waals surface area contributed by atoms with E-state index in [9.17, 15) is 12.8 Å². The highest BCUT2D eigenvalue weighted by molar-refractivity contribution is 7.89. The monoisotopic (exact) mass is 512 g/mol. The number of aryl methyl sites for hydroxylation is 2. The molecule has 2 aromatic carbocycles. The van der Waals surface area contributed by atoms with Crippen molar-refractivity contribution in [3.8, 4) is 0 Å². The standard InChI is InChI=1S/C26H33FN6O2S/c1-18(2)15-32-9-10-33(36(34,35)23-14-29-31(4)16-23)17-26(32)24-12-20(13-28)25(11-19(24)3)30-22-7-5-21(27)6-8-22/h5-8,11-14,16,18,26,28,30H,9-10,15,17H2,1-4H3/t26-/m0/s1. The van der Waals surface area contributed by atoms with Gasteiger partial charge in [0, 0.05) is 68.6 Å². The molecule has 0 amide bonds.